The van der Waals surface area contributed by atoms with Crippen LogP contribution in [0.15, 0.2) is 41.3 Å². The molecule has 1 saturated heterocycles. The number of piperazine rings is 1. The molecule has 0 radical (unpaired) electrons. The lowest BCUT2D eigenvalue weighted by molar-refractivity contribution is -0.137. The van der Waals surface area contributed by atoms with Gasteiger partial charge in [-0.25, -0.2) is 9.67 Å². The second-order valence-electron chi connectivity index (χ2n) is 8.04. The second-order valence-corrected chi connectivity index (χ2v) is 8.45. The minimum atomic E-state index is -4.53. The predicted molar refractivity (Wildman–Crippen MR) is 119 cm³/mol. The molecule has 3 heterocycles. The van der Waals surface area contributed by atoms with E-state index in [0.717, 1.165) is 12.3 Å². The molecule has 0 N–H and O–H groups in total. The van der Waals surface area contributed by atoms with E-state index in [0.29, 0.717) is 37.0 Å². The highest BCUT2D eigenvalue weighted by Crippen LogP contribution is 2.33. The highest BCUT2D eigenvalue weighted by atomic mass is 35.5. The minimum Gasteiger partial charge on any atom is -0.352 e. The van der Waals surface area contributed by atoms with Gasteiger partial charge in [-0.15, -0.1) is 0 Å². The van der Waals surface area contributed by atoms with E-state index in [1.165, 1.54) is 4.68 Å². The lowest BCUT2D eigenvalue weighted by atomic mass is 10.1. The fraction of sp³-hybridized carbons (Fsp3) is 0.364. The number of rotatable bonds is 3. The van der Waals surface area contributed by atoms with Gasteiger partial charge in [-0.05, 0) is 26.0 Å². The number of alkyl halides is 3. The Morgan fingerprint density at radius 1 is 1.09 bits per heavy atom. The Labute approximate surface area is 192 Å². The van der Waals surface area contributed by atoms with Gasteiger partial charge in [-0.2, -0.15) is 18.3 Å². The summed E-state index contributed by atoms with van der Waals surface area (Å²) in [5, 5.41) is 5.17. The summed E-state index contributed by atoms with van der Waals surface area (Å²) in [7, 11) is 0. The molecule has 4 rings (SSSR count). The van der Waals surface area contributed by atoms with Gasteiger partial charge in [0.25, 0.3) is 11.5 Å². The standard InChI is InChI=1S/C22H21ClF3N5O2/c1-13(2)31-20(32)16-6-4-3-5-15(16)18(28-31)21(33)30-9-7-29(8-10-30)19-17(23)11-14(12-27-19)22(24,25)26/h3-6,11-13H,7-10H2,1-2H3. The Morgan fingerprint density at radius 2 is 1.73 bits per heavy atom. The first-order valence-electron chi connectivity index (χ1n) is 10.4. The van der Waals surface area contributed by atoms with Crippen molar-refractivity contribution in [3.63, 3.8) is 0 Å². The molecule has 3 aromatic rings. The summed E-state index contributed by atoms with van der Waals surface area (Å²) in [5.41, 5.74) is -0.980. The zero-order valence-corrected chi connectivity index (χ0v) is 18.7. The van der Waals surface area contributed by atoms with Crippen LogP contribution in [0, 0.1) is 0 Å². The molecule has 7 nitrogen and oxygen atoms in total. The van der Waals surface area contributed by atoms with Crippen LogP contribution < -0.4 is 10.5 Å². The van der Waals surface area contributed by atoms with Crippen LogP contribution >= 0.6 is 11.6 Å². The lowest BCUT2D eigenvalue weighted by Crippen LogP contribution is -2.49. The Bertz CT molecular complexity index is 1270. The molecule has 0 atom stereocenters. The smallest absolute Gasteiger partial charge is 0.352 e. The van der Waals surface area contributed by atoms with E-state index in [1.807, 2.05) is 13.8 Å². The Kier molecular flexibility index (Phi) is 6.04. The molecule has 1 fully saturated rings. The molecular formula is C22H21ClF3N5O2. The second kappa shape index (κ2) is 8.66. The first-order valence-corrected chi connectivity index (χ1v) is 10.7. The third kappa shape index (κ3) is 4.39. The van der Waals surface area contributed by atoms with Crippen molar-refractivity contribution >= 4 is 34.1 Å². The van der Waals surface area contributed by atoms with E-state index < -0.39 is 11.7 Å². The van der Waals surface area contributed by atoms with Crippen LogP contribution in [0.5, 0.6) is 0 Å². The van der Waals surface area contributed by atoms with Gasteiger partial charge in [-0.1, -0.05) is 29.8 Å². The monoisotopic (exact) mass is 479 g/mol. The Balaban J connectivity index is 1.57. The lowest BCUT2D eigenvalue weighted by Gasteiger charge is -2.35. The molecular weight excluding hydrogens is 459 g/mol. The fourth-order valence-corrected chi connectivity index (χ4v) is 4.09. The summed E-state index contributed by atoms with van der Waals surface area (Å²) in [5.74, 6) is -0.0691. The number of hydrogen-bond donors (Lipinski definition) is 0. The normalized spacial score (nSPS) is 14.9. The maximum atomic E-state index is 13.3. The first kappa shape index (κ1) is 23.0. The van der Waals surface area contributed by atoms with Gasteiger partial charge < -0.3 is 9.80 Å². The van der Waals surface area contributed by atoms with Crippen LogP contribution in [0.2, 0.25) is 5.02 Å². The molecule has 0 spiro atoms. The minimum absolute atomic E-state index is 0.0960. The van der Waals surface area contributed by atoms with Crippen LogP contribution in [0.4, 0.5) is 19.0 Å². The van der Waals surface area contributed by atoms with Crippen molar-refractivity contribution in [1.29, 1.82) is 0 Å². The fourth-order valence-electron chi connectivity index (χ4n) is 3.80. The molecule has 1 aromatic carbocycles. The van der Waals surface area contributed by atoms with Gasteiger partial charge >= 0.3 is 6.18 Å². The van der Waals surface area contributed by atoms with Crippen molar-refractivity contribution in [1.82, 2.24) is 19.7 Å². The summed E-state index contributed by atoms with van der Waals surface area (Å²) >= 11 is 6.06. The molecule has 0 aliphatic carbocycles. The third-order valence-corrected chi connectivity index (χ3v) is 5.81. The molecule has 33 heavy (non-hydrogen) atoms. The number of benzene rings is 1. The number of carbonyl (C=O) groups is 1. The van der Waals surface area contributed by atoms with Crippen LogP contribution in [0.3, 0.4) is 0 Å². The molecule has 1 aliphatic heterocycles. The Morgan fingerprint density at radius 3 is 2.30 bits per heavy atom. The molecule has 11 heteroatoms. The SMILES string of the molecule is CC(C)n1nc(C(=O)N2CCN(c3ncc(C(F)(F)F)cc3Cl)CC2)c2ccccc2c1=O. The van der Waals surface area contributed by atoms with E-state index in [1.54, 1.807) is 34.1 Å². The van der Waals surface area contributed by atoms with Crippen molar-refractivity contribution in [3.05, 3.63) is 63.2 Å². The Hall–Kier alpha value is -3.14. The van der Waals surface area contributed by atoms with Gasteiger partial charge in [0.2, 0.25) is 0 Å². The summed E-state index contributed by atoms with van der Waals surface area (Å²) in [4.78, 5) is 33.3. The number of pyridine rings is 1. The van der Waals surface area contributed by atoms with Crippen molar-refractivity contribution in [2.24, 2.45) is 0 Å². The number of hydrogen-bond acceptors (Lipinski definition) is 5. The highest BCUT2D eigenvalue weighted by Gasteiger charge is 2.33. The highest BCUT2D eigenvalue weighted by molar-refractivity contribution is 6.33. The molecule has 174 valence electrons. The predicted octanol–water partition coefficient (Wildman–Crippen LogP) is 4.01. The molecule has 1 amide bonds. The largest absolute Gasteiger partial charge is 0.417 e. The summed E-state index contributed by atoms with van der Waals surface area (Å²) < 4.78 is 39.9. The van der Waals surface area contributed by atoms with Crippen molar-refractivity contribution in [2.45, 2.75) is 26.1 Å². The molecule has 0 saturated carbocycles. The average molecular weight is 480 g/mol. The van der Waals surface area contributed by atoms with E-state index >= 15 is 0 Å². The van der Waals surface area contributed by atoms with Crippen LogP contribution in [0.1, 0.15) is 35.9 Å². The number of aromatic nitrogens is 3. The van der Waals surface area contributed by atoms with E-state index in [9.17, 15) is 22.8 Å². The van der Waals surface area contributed by atoms with Gasteiger partial charge in [0.15, 0.2) is 5.69 Å². The maximum Gasteiger partial charge on any atom is 0.417 e. The van der Waals surface area contributed by atoms with Crippen molar-refractivity contribution < 1.29 is 18.0 Å². The molecule has 1 aliphatic rings. The summed E-state index contributed by atoms with van der Waals surface area (Å²) in [6, 6.07) is 7.48. The molecule has 0 unspecified atom stereocenters. The number of nitrogens with zero attached hydrogens (tertiary/aromatic N) is 5. The van der Waals surface area contributed by atoms with E-state index in [4.69, 9.17) is 11.6 Å². The zero-order chi connectivity index (χ0) is 23.9. The number of halogens is 4. The quantitative estimate of drug-likeness (QED) is 0.567. The van der Waals surface area contributed by atoms with Crippen molar-refractivity contribution in [3.8, 4) is 0 Å². The third-order valence-electron chi connectivity index (χ3n) is 5.54. The topological polar surface area (TPSA) is 71.3 Å². The van der Waals surface area contributed by atoms with E-state index in [-0.39, 0.29) is 34.0 Å². The first-order chi connectivity index (χ1) is 15.6. The molecule has 0 bridgehead atoms. The number of fused-ring (bicyclic) bond motifs is 1. The number of amides is 1. The van der Waals surface area contributed by atoms with Gasteiger partial charge in [0.05, 0.1) is 22.0 Å². The summed E-state index contributed by atoms with van der Waals surface area (Å²) in [6.07, 6.45) is -3.77. The zero-order valence-electron chi connectivity index (χ0n) is 17.9. The maximum absolute atomic E-state index is 13.3. The number of anilines is 1. The van der Waals surface area contributed by atoms with Crippen LogP contribution in [-0.2, 0) is 6.18 Å². The van der Waals surface area contributed by atoms with Gasteiger partial charge in [0, 0.05) is 37.8 Å². The van der Waals surface area contributed by atoms with Crippen LogP contribution in [-0.4, -0.2) is 51.8 Å². The summed E-state index contributed by atoms with van der Waals surface area (Å²) in [6.45, 7) is 4.91. The van der Waals surface area contributed by atoms with Crippen LogP contribution in [0.25, 0.3) is 10.8 Å². The molecule has 2 aromatic heterocycles. The van der Waals surface area contributed by atoms with Gasteiger partial charge in [0.1, 0.15) is 5.82 Å². The average Bonchev–Trinajstić information content (AvgIpc) is 2.78. The number of carbonyl (C=O) groups excluding carboxylic acids is 1. The van der Waals surface area contributed by atoms with E-state index in [2.05, 4.69) is 10.1 Å². The van der Waals surface area contributed by atoms with Crippen molar-refractivity contribution in [2.75, 3.05) is 31.1 Å². The van der Waals surface area contributed by atoms with Gasteiger partial charge in [-0.3, -0.25) is 9.59 Å².